The lowest BCUT2D eigenvalue weighted by Gasteiger charge is -2.20. The molecule has 3 N–H and O–H groups in total. The van der Waals surface area contributed by atoms with Crippen LogP contribution < -0.4 is 5.73 Å². The van der Waals surface area contributed by atoms with Gasteiger partial charge in [-0.25, -0.2) is 4.57 Å². The minimum Gasteiger partial charge on any atom is -0.462 e. The summed E-state index contributed by atoms with van der Waals surface area (Å²) in [6.07, 6.45) is 19.1. The summed E-state index contributed by atoms with van der Waals surface area (Å²) in [5.74, 6) is -1.35. The van der Waals surface area contributed by atoms with Crippen molar-refractivity contribution >= 4 is 19.8 Å². The van der Waals surface area contributed by atoms with Crippen LogP contribution in [0.4, 0.5) is 0 Å². The van der Waals surface area contributed by atoms with Gasteiger partial charge >= 0.3 is 19.8 Å². The fraction of sp³-hybridized carbons (Fsp3) is 0.852. The number of ether oxygens (including phenoxy) is 2. The second kappa shape index (κ2) is 23.8. The summed E-state index contributed by atoms with van der Waals surface area (Å²) in [6.45, 7) is 4.73. The first-order valence-electron chi connectivity index (χ1n) is 14.0. The maximum absolute atomic E-state index is 12.1. The van der Waals surface area contributed by atoms with Crippen molar-refractivity contribution in [2.75, 3.05) is 26.4 Å². The Balaban J connectivity index is 4.00. The topological polar surface area (TPSA) is 134 Å². The van der Waals surface area contributed by atoms with Gasteiger partial charge in [0.25, 0.3) is 0 Å². The number of rotatable bonds is 25. The van der Waals surface area contributed by atoms with E-state index in [0.29, 0.717) is 0 Å². The van der Waals surface area contributed by atoms with Gasteiger partial charge < -0.3 is 20.1 Å². The lowest BCUT2D eigenvalue weighted by Crippen LogP contribution is -2.31. The van der Waals surface area contributed by atoms with Crippen molar-refractivity contribution < 1.29 is 37.6 Å². The molecule has 10 heteroatoms. The molecular weight excluding hydrogens is 497 g/mol. The van der Waals surface area contributed by atoms with E-state index in [1.54, 1.807) is 13.8 Å². The minimum atomic E-state index is -4.34. The van der Waals surface area contributed by atoms with Crippen molar-refractivity contribution in [1.82, 2.24) is 0 Å². The Kier molecular flexibility index (Phi) is 23.0. The van der Waals surface area contributed by atoms with Crippen molar-refractivity contribution in [3.05, 3.63) is 12.2 Å². The Hall–Kier alpha value is -1.25. The van der Waals surface area contributed by atoms with Gasteiger partial charge in [0.05, 0.1) is 19.1 Å². The average Bonchev–Trinajstić information content (AvgIpc) is 2.86. The summed E-state index contributed by atoms with van der Waals surface area (Å²) in [6, 6.07) is 0. The summed E-state index contributed by atoms with van der Waals surface area (Å²) in [4.78, 5) is 33.6. The lowest BCUT2D eigenvalue weighted by atomic mass is 10.1. The third-order valence-electron chi connectivity index (χ3n) is 5.62. The number of esters is 2. The molecule has 0 fully saturated rings. The number of carbonyl (C=O) groups is 2. The highest BCUT2D eigenvalue weighted by atomic mass is 31.2. The zero-order valence-corrected chi connectivity index (χ0v) is 24.3. The Morgan fingerprint density at radius 1 is 0.865 bits per heavy atom. The van der Waals surface area contributed by atoms with E-state index in [0.717, 1.165) is 38.5 Å². The van der Waals surface area contributed by atoms with Gasteiger partial charge in [-0.15, -0.1) is 0 Å². The van der Waals surface area contributed by atoms with Gasteiger partial charge in [0, 0.05) is 13.0 Å². The van der Waals surface area contributed by atoms with Crippen LogP contribution in [0.2, 0.25) is 0 Å². The van der Waals surface area contributed by atoms with E-state index in [2.05, 4.69) is 23.6 Å². The highest BCUT2D eigenvalue weighted by molar-refractivity contribution is 7.47. The molecule has 0 heterocycles. The predicted molar refractivity (Wildman–Crippen MR) is 146 cm³/mol. The number of nitrogens with two attached hydrogens (primary N) is 1. The van der Waals surface area contributed by atoms with Crippen molar-refractivity contribution in [1.29, 1.82) is 0 Å². The lowest BCUT2D eigenvalue weighted by molar-refractivity contribution is -0.163. The van der Waals surface area contributed by atoms with Gasteiger partial charge in [-0.1, -0.05) is 84.3 Å². The van der Waals surface area contributed by atoms with E-state index in [-0.39, 0.29) is 26.2 Å². The average molecular weight is 550 g/mol. The van der Waals surface area contributed by atoms with Crippen molar-refractivity contribution in [3.8, 4) is 0 Å². The first-order valence-corrected chi connectivity index (χ1v) is 15.5. The molecule has 0 aliphatic heterocycles. The summed E-state index contributed by atoms with van der Waals surface area (Å²) < 4.78 is 31.8. The molecule has 0 saturated heterocycles. The van der Waals surface area contributed by atoms with Crippen LogP contribution in [0.5, 0.6) is 0 Å². The number of phosphoric acid groups is 1. The first-order chi connectivity index (χ1) is 17.7. The molecule has 0 radical (unpaired) electrons. The largest absolute Gasteiger partial charge is 0.472 e. The van der Waals surface area contributed by atoms with Gasteiger partial charge in [0.1, 0.15) is 6.61 Å². The van der Waals surface area contributed by atoms with Crippen LogP contribution in [-0.2, 0) is 32.7 Å². The van der Waals surface area contributed by atoms with E-state index in [4.69, 9.17) is 19.7 Å². The monoisotopic (exact) mass is 549 g/mol. The molecule has 0 saturated carbocycles. The van der Waals surface area contributed by atoms with Crippen LogP contribution in [0.1, 0.15) is 111 Å². The fourth-order valence-electron chi connectivity index (χ4n) is 3.40. The van der Waals surface area contributed by atoms with E-state index in [1.807, 2.05) is 0 Å². The molecule has 9 nitrogen and oxygen atoms in total. The summed E-state index contributed by atoms with van der Waals surface area (Å²) in [5.41, 5.74) is 5.24. The van der Waals surface area contributed by atoms with E-state index in [9.17, 15) is 19.0 Å². The normalized spacial score (nSPS) is 14.1. The molecule has 0 spiro atoms. The zero-order chi connectivity index (χ0) is 27.8. The maximum Gasteiger partial charge on any atom is 0.472 e. The number of hydrogen-bond donors (Lipinski definition) is 2. The van der Waals surface area contributed by atoms with Gasteiger partial charge in [-0.2, -0.15) is 0 Å². The molecule has 0 amide bonds. The Morgan fingerprint density at radius 2 is 1.43 bits per heavy atom. The van der Waals surface area contributed by atoms with Gasteiger partial charge in [-0.3, -0.25) is 18.6 Å². The van der Waals surface area contributed by atoms with E-state index >= 15 is 0 Å². The molecule has 0 aromatic rings. The quantitative estimate of drug-likeness (QED) is 0.0588. The third kappa shape index (κ3) is 23.6. The van der Waals surface area contributed by atoms with E-state index in [1.165, 1.54) is 44.9 Å². The standard InChI is InChI=1S/C27H52NO8P/c1-4-5-6-7-8-9-10-11-12-13-14-15-16-17-18-19-26(29)33-22-25(36-27(30)24(2)3)23-35-37(31,32)34-21-20-28/h11-12,24-25H,4-10,13-23,28H2,1-3H3,(H,31,32)/t25-/m1/s1. The molecule has 1 unspecified atom stereocenters. The molecule has 0 aromatic carbocycles. The van der Waals surface area contributed by atoms with Gasteiger partial charge in [0.2, 0.25) is 0 Å². The molecule has 2 atom stereocenters. The van der Waals surface area contributed by atoms with Crippen LogP contribution in [0.25, 0.3) is 0 Å². The Bertz CT molecular complexity index is 656. The smallest absolute Gasteiger partial charge is 0.462 e. The number of phosphoric ester groups is 1. The highest BCUT2D eigenvalue weighted by Crippen LogP contribution is 2.43. The van der Waals surface area contributed by atoms with Crippen LogP contribution in [0, 0.1) is 5.92 Å². The summed E-state index contributed by atoms with van der Waals surface area (Å²) in [5, 5.41) is 0. The van der Waals surface area contributed by atoms with Crippen LogP contribution in [0.15, 0.2) is 12.2 Å². The molecule has 0 bridgehead atoms. The van der Waals surface area contributed by atoms with Crippen molar-refractivity contribution in [3.63, 3.8) is 0 Å². The zero-order valence-electron chi connectivity index (χ0n) is 23.4. The number of hydrogen-bond acceptors (Lipinski definition) is 8. The van der Waals surface area contributed by atoms with Gasteiger partial charge in [-0.05, 0) is 32.1 Å². The molecule has 37 heavy (non-hydrogen) atoms. The second-order valence-electron chi connectivity index (χ2n) is 9.62. The maximum atomic E-state index is 12.1. The molecule has 0 aliphatic carbocycles. The Labute approximate surface area is 224 Å². The molecule has 0 rings (SSSR count). The molecule has 218 valence electrons. The highest BCUT2D eigenvalue weighted by Gasteiger charge is 2.26. The number of unbranched alkanes of at least 4 members (excludes halogenated alkanes) is 11. The summed E-state index contributed by atoms with van der Waals surface area (Å²) >= 11 is 0. The molecular formula is C27H52NO8P. The van der Waals surface area contributed by atoms with E-state index < -0.39 is 38.4 Å². The summed E-state index contributed by atoms with van der Waals surface area (Å²) in [7, 11) is -4.34. The third-order valence-corrected chi connectivity index (χ3v) is 6.61. The van der Waals surface area contributed by atoms with Crippen molar-refractivity contribution in [2.45, 2.75) is 117 Å². The number of allylic oxidation sites excluding steroid dienone is 2. The van der Waals surface area contributed by atoms with Crippen molar-refractivity contribution in [2.24, 2.45) is 11.7 Å². The van der Waals surface area contributed by atoms with Gasteiger partial charge in [0.15, 0.2) is 6.10 Å². The molecule has 0 aromatic heterocycles. The fourth-order valence-corrected chi connectivity index (χ4v) is 4.16. The Morgan fingerprint density at radius 3 is 2.00 bits per heavy atom. The van der Waals surface area contributed by atoms with Crippen LogP contribution >= 0.6 is 7.82 Å². The molecule has 0 aliphatic rings. The number of carbonyl (C=O) groups excluding carboxylic acids is 2. The minimum absolute atomic E-state index is 0.0492. The van der Waals surface area contributed by atoms with Crippen LogP contribution in [0.3, 0.4) is 0 Å². The second-order valence-corrected chi connectivity index (χ2v) is 11.1. The SMILES string of the molecule is CCCCCCCCC=CCCCCCCCC(=O)OC[C@H](COP(=O)(O)OCCN)OC(=O)C(C)C. The van der Waals surface area contributed by atoms with Crippen LogP contribution in [-0.4, -0.2) is 49.3 Å². The predicted octanol–water partition coefficient (Wildman–Crippen LogP) is 6.23. The first kappa shape index (κ1) is 35.8.